The van der Waals surface area contributed by atoms with Crippen LogP contribution in [0.5, 0.6) is 0 Å². The van der Waals surface area contributed by atoms with Crippen LogP contribution in [0.25, 0.3) is 0 Å². The van der Waals surface area contributed by atoms with E-state index >= 15 is 0 Å². The van der Waals surface area contributed by atoms with E-state index in [-0.39, 0.29) is 0 Å². The molecule has 1 rings (SSSR count). The molecule has 14 heavy (non-hydrogen) atoms. The molecule has 0 amide bonds. The van der Waals surface area contributed by atoms with Crippen LogP contribution in [0.2, 0.25) is 0 Å². The third-order valence-electron chi connectivity index (χ3n) is 2.08. The van der Waals surface area contributed by atoms with Gasteiger partial charge in [0.1, 0.15) is 0 Å². The zero-order chi connectivity index (χ0) is 10.4. The highest BCUT2D eigenvalue weighted by atomic mass is 15.3. The number of imidazole rings is 1. The smallest absolute Gasteiger partial charge is 0.205 e. The van der Waals surface area contributed by atoms with E-state index in [1.54, 1.807) is 6.20 Å². The molecule has 78 valence electrons. The van der Waals surface area contributed by atoms with Crippen molar-refractivity contribution in [1.29, 1.82) is 0 Å². The lowest BCUT2D eigenvalue weighted by Gasteiger charge is -2.21. The van der Waals surface area contributed by atoms with E-state index in [4.69, 9.17) is 5.73 Å². The summed E-state index contributed by atoms with van der Waals surface area (Å²) < 4.78 is 2.06. The number of rotatable bonds is 6. The zero-order valence-corrected chi connectivity index (χ0v) is 8.69. The summed E-state index contributed by atoms with van der Waals surface area (Å²) in [5.74, 6) is 0.970. The van der Waals surface area contributed by atoms with Crippen molar-refractivity contribution in [2.75, 3.05) is 24.5 Å². The molecule has 1 aromatic rings. The fourth-order valence-electron chi connectivity index (χ4n) is 1.42. The Morgan fingerprint density at radius 1 is 1.71 bits per heavy atom. The van der Waals surface area contributed by atoms with Crippen LogP contribution in [0, 0.1) is 0 Å². The highest BCUT2D eigenvalue weighted by Crippen LogP contribution is 2.10. The van der Waals surface area contributed by atoms with Gasteiger partial charge in [-0.1, -0.05) is 6.08 Å². The van der Waals surface area contributed by atoms with Gasteiger partial charge in [0.25, 0.3) is 0 Å². The fraction of sp³-hybridized carbons (Fsp3) is 0.500. The van der Waals surface area contributed by atoms with Crippen LogP contribution in [0.1, 0.15) is 6.92 Å². The van der Waals surface area contributed by atoms with Gasteiger partial charge >= 0.3 is 0 Å². The molecule has 0 bridgehead atoms. The summed E-state index contributed by atoms with van der Waals surface area (Å²) in [6.07, 6.45) is 5.62. The Morgan fingerprint density at radius 3 is 3.07 bits per heavy atom. The molecule has 0 radical (unpaired) electrons. The molecule has 0 aliphatic heterocycles. The van der Waals surface area contributed by atoms with Crippen molar-refractivity contribution >= 4 is 5.95 Å². The molecule has 4 nitrogen and oxygen atoms in total. The second kappa shape index (κ2) is 5.44. The number of likely N-dealkylation sites (N-methyl/N-ethyl adjacent to an activating group) is 1. The monoisotopic (exact) mass is 194 g/mol. The maximum absolute atomic E-state index is 5.54. The fourth-order valence-corrected chi connectivity index (χ4v) is 1.42. The molecule has 4 heteroatoms. The summed E-state index contributed by atoms with van der Waals surface area (Å²) in [7, 11) is 0. The van der Waals surface area contributed by atoms with Gasteiger partial charge in [0.05, 0.1) is 0 Å². The van der Waals surface area contributed by atoms with Crippen LogP contribution in [0.15, 0.2) is 25.0 Å². The molecule has 0 unspecified atom stereocenters. The molecule has 0 saturated heterocycles. The summed E-state index contributed by atoms with van der Waals surface area (Å²) in [6.45, 7) is 9.01. The van der Waals surface area contributed by atoms with Crippen molar-refractivity contribution in [1.82, 2.24) is 9.55 Å². The minimum Gasteiger partial charge on any atom is -0.341 e. The van der Waals surface area contributed by atoms with Gasteiger partial charge in [-0.15, -0.1) is 6.58 Å². The first-order valence-corrected chi connectivity index (χ1v) is 4.90. The van der Waals surface area contributed by atoms with Gasteiger partial charge in [-0.2, -0.15) is 0 Å². The Balaban J connectivity index is 2.79. The van der Waals surface area contributed by atoms with E-state index in [2.05, 4.69) is 28.0 Å². The summed E-state index contributed by atoms with van der Waals surface area (Å²) in [5.41, 5.74) is 5.54. The average Bonchev–Trinajstić information content (AvgIpc) is 2.63. The first-order valence-electron chi connectivity index (χ1n) is 4.90. The van der Waals surface area contributed by atoms with Crippen LogP contribution in [0.3, 0.4) is 0 Å². The number of hydrogen-bond acceptors (Lipinski definition) is 3. The Hall–Kier alpha value is -1.29. The van der Waals surface area contributed by atoms with E-state index in [0.29, 0.717) is 6.54 Å². The molecular weight excluding hydrogens is 176 g/mol. The first-order chi connectivity index (χ1) is 6.83. The van der Waals surface area contributed by atoms with Crippen molar-refractivity contribution in [3.8, 4) is 0 Å². The number of hydrogen-bond donors (Lipinski definition) is 1. The highest BCUT2D eigenvalue weighted by molar-refractivity contribution is 5.31. The standard InChI is InChI=1S/C10H18N4/c1-3-7-14-9-6-12-10(14)13(4-2)8-5-11/h3,6,9H,1,4-5,7-8,11H2,2H3. The summed E-state index contributed by atoms with van der Waals surface area (Å²) >= 11 is 0. The van der Waals surface area contributed by atoms with E-state index in [9.17, 15) is 0 Å². The highest BCUT2D eigenvalue weighted by Gasteiger charge is 2.08. The maximum Gasteiger partial charge on any atom is 0.205 e. The molecule has 0 spiro atoms. The van der Waals surface area contributed by atoms with Crippen LogP contribution in [-0.2, 0) is 6.54 Å². The summed E-state index contributed by atoms with van der Waals surface area (Å²) in [6, 6.07) is 0. The van der Waals surface area contributed by atoms with Gasteiger partial charge in [0, 0.05) is 38.6 Å². The third kappa shape index (κ3) is 2.35. The molecule has 1 aromatic heterocycles. The average molecular weight is 194 g/mol. The number of aromatic nitrogens is 2. The van der Waals surface area contributed by atoms with E-state index in [1.807, 2.05) is 12.3 Å². The maximum atomic E-state index is 5.54. The van der Waals surface area contributed by atoms with Gasteiger partial charge in [-0.25, -0.2) is 4.98 Å². The Bertz CT molecular complexity index is 279. The van der Waals surface area contributed by atoms with Gasteiger partial charge in [0.15, 0.2) is 0 Å². The zero-order valence-electron chi connectivity index (χ0n) is 8.69. The molecule has 0 aliphatic carbocycles. The van der Waals surface area contributed by atoms with Crippen molar-refractivity contribution < 1.29 is 0 Å². The lowest BCUT2D eigenvalue weighted by molar-refractivity contribution is 0.726. The van der Waals surface area contributed by atoms with E-state index in [1.165, 1.54) is 0 Å². The minimum absolute atomic E-state index is 0.648. The normalized spacial score (nSPS) is 10.1. The van der Waals surface area contributed by atoms with Gasteiger partial charge in [-0.3, -0.25) is 0 Å². The Kier molecular flexibility index (Phi) is 4.19. The van der Waals surface area contributed by atoms with Gasteiger partial charge in [-0.05, 0) is 6.92 Å². The largest absolute Gasteiger partial charge is 0.341 e. The van der Waals surface area contributed by atoms with Crippen molar-refractivity contribution in [2.45, 2.75) is 13.5 Å². The molecular formula is C10H18N4. The Morgan fingerprint density at radius 2 is 2.50 bits per heavy atom. The van der Waals surface area contributed by atoms with Crippen LogP contribution in [-0.4, -0.2) is 29.2 Å². The van der Waals surface area contributed by atoms with Crippen molar-refractivity contribution in [2.24, 2.45) is 5.73 Å². The topological polar surface area (TPSA) is 47.1 Å². The molecule has 2 N–H and O–H groups in total. The molecule has 0 saturated carbocycles. The Labute approximate surface area is 85.0 Å². The van der Waals surface area contributed by atoms with Crippen LogP contribution >= 0.6 is 0 Å². The van der Waals surface area contributed by atoms with Crippen LogP contribution < -0.4 is 10.6 Å². The van der Waals surface area contributed by atoms with Crippen LogP contribution in [0.4, 0.5) is 5.95 Å². The third-order valence-corrected chi connectivity index (χ3v) is 2.08. The lowest BCUT2D eigenvalue weighted by Crippen LogP contribution is -2.31. The number of nitrogens with two attached hydrogens (primary N) is 1. The second-order valence-corrected chi connectivity index (χ2v) is 3.04. The van der Waals surface area contributed by atoms with Gasteiger partial charge < -0.3 is 15.2 Å². The van der Waals surface area contributed by atoms with E-state index < -0.39 is 0 Å². The van der Waals surface area contributed by atoms with Crippen molar-refractivity contribution in [3.05, 3.63) is 25.0 Å². The quantitative estimate of drug-likeness (QED) is 0.683. The number of anilines is 1. The number of allylic oxidation sites excluding steroid dienone is 1. The summed E-state index contributed by atoms with van der Waals surface area (Å²) in [5, 5.41) is 0. The predicted molar refractivity (Wildman–Crippen MR) is 59.4 cm³/mol. The van der Waals surface area contributed by atoms with Crippen molar-refractivity contribution in [3.63, 3.8) is 0 Å². The predicted octanol–water partition coefficient (Wildman–Crippen LogP) is 0.854. The SMILES string of the molecule is C=CCn1ccnc1N(CC)CCN. The molecule has 0 aliphatic rings. The molecule has 0 aromatic carbocycles. The lowest BCUT2D eigenvalue weighted by atomic mass is 10.5. The summed E-state index contributed by atoms with van der Waals surface area (Å²) in [4.78, 5) is 6.47. The molecule has 1 heterocycles. The first kappa shape index (κ1) is 10.8. The minimum atomic E-state index is 0.648. The van der Waals surface area contributed by atoms with Gasteiger partial charge in [0.2, 0.25) is 5.95 Å². The van der Waals surface area contributed by atoms with E-state index in [0.717, 1.165) is 25.6 Å². The second-order valence-electron chi connectivity index (χ2n) is 3.04. The molecule has 0 atom stereocenters. The molecule has 0 fully saturated rings. The number of nitrogens with zero attached hydrogens (tertiary/aromatic N) is 3.